The molecule has 1 saturated carbocycles. The Balaban J connectivity index is 1.41. The monoisotopic (exact) mass is 397 g/mol. The van der Waals surface area contributed by atoms with E-state index < -0.39 is 5.97 Å². The minimum absolute atomic E-state index is 0.0128. The second-order valence-electron chi connectivity index (χ2n) is 7.65. The molecule has 2 aromatic carbocycles. The summed E-state index contributed by atoms with van der Waals surface area (Å²) in [7, 11) is 0. The van der Waals surface area contributed by atoms with Gasteiger partial charge in [0.25, 0.3) is 0 Å². The van der Waals surface area contributed by atoms with E-state index in [0.29, 0.717) is 17.8 Å². The van der Waals surface area contributed by atoms with E-state index in [1.165, 1.54) is 6.07 Å². The maximum atomic E-state index is 13.9. The van der Waals surface area contributed by atoms with Crippen LogP contribution in [0.2, 0.25) is 0 Å². The summed E-state index contributed by atoms with van der Waals surface area (Å²) in [6.45, 7) is 3.53. The Kier molecular flexibility index (Phi) is 5.49. The summed E-state index contributed by atoms with van der Waals surface area (Å²) in [5.74, 6) is -1.35. The van der Waals surface area contributed by atoms with Crippen molar-refractivity contribution in [2.45, 2.75) is 19.4 Å². The van der Waals surface area contributed by atoms with E-state index in [1.54, 1.807) is 24.3 Å². The van der Waals surface area contributed by atoms with Crippen LogP contribution in [0.1, 0.15) is 28.8 Å². The molecule has 0 aromatic heterocycles. The number of hydrogen-bond donors (Lipinski definition) is 2. The van der Waals surface area contributed by atoms with Gasteiger partial charge < -0.3 is 15.3 Å². The van der Waals surface area contributed by atoms with Crippen LogP contribution >= 0.6 is 0 Å². The van der Waals surface area contributed by atoms with E-state index in [1.807, 2.05) is 12.1 Å². The number of carboxylic acids is 1. The Labute approximate surface area is 168 Å². The number of halogens is 1. The Bertz CT molecular complexity index is 921. The van der Waals surface area contributed by atoms with Crippen molar-refractivity contribution in [3.63, 3.8) is 0 Å². The summed E-state index contributed by atoms with van der Waals surface area (Å²) in [4.78, 5) is 28.0. The van der Waals surface area contributed by atoms with Crippen LogP contribution in [-0.2, 0) is 11.3 Å². The maximum Gasteiger partial charge on any atom is 0.337 e. The number of carbonyl (C=O) groups excluding carboxylic acids is 1. The number of amides is 1. The predicted molar refractivity (Wildman–Crippen MR) is 109 cm³/mol. The second-order valence-corrected chi connectivity index (χ2v) is 7.65. The molecule has 0 bridgehead atoms. The highest BCUT2D eigenvalue weighted by Crippen LogP contribution is 2.31. The van der Waals surface area contributed by atoms with E-state index in [9.17, 15) is 19.1 Å². The highest BCUT2D eigenvalue weighted by Gasteiger charge is 2.30. The summed E-state index contributed by atoms with van der Waals surface area (Å²) < 4.78 is 13.9. The van der Waals surface area contributed by atoms with Gasteiger partial charge in [-0.15, -0.1) is 0 Å². The van der Waals surface area contributed by atoms with Gasteiger partial charge in [-0.1, -0.05) is 18.2 Å². The van der Waals surface area contributed by atoms with Crippen LogP contribution in [0.25, 0.3) is 0 Å². The van der Waals surface area contributed by atoms with Crippen molar-refractivity contribution in [2.24, 2.45) is 5.92 Å². The minimum Gasteiger partial charge on any atom is -0.478 e. The first-order chi connectivity index (χ1) is 14.0. The molecule has 6 nitrogen and oxygen atoms in total. The zero-order chi connectivity index (χ0) is 20.4. The number of rotatable bonds is 6. The average molecular weight is 397 g/mol. The van der Waals surface area contributed by atoms with Crippen LogP contribution in [0, 0.1) is 11.7 Å². The molecule has 2 aromatic rings. The van der Waals surface area contributed by atoms with Crippen molar-refractivity contribution in [3.8, 4) is 0 Å². The van der Waals surface area contributed by atoms with Crippen molar-refractivity contribution in [1.82, 2.24) is 4.90 Å². The van der Waals surface area contributed by atoms with Crippen molar-refractivity contribution >= 4 is 23.3 Å². The number of carbonyl (C=O) groups is 2. The lowest BCUT2D eigenvalue weighted by Crippen LogP contribution is -2.46. The Morgan fingerprint density at radius 2 is 1.79 bits per heavy atom. The molecule has 2 fully saturated rings. The fourth-order valence-corrected chi connectivity index (χ4v) is 3.63. The molecule has 29 heavy (non-hydrogen) atoms. The first-order valence-corrected chi connectivity index (χ1v) is 9.90. The quantitative estimate of drug-likeness (QED) is 0.783. The highest BCUT2D eigenvalue weighted by molar-refractivity contribution is 6.02. The van der Waals surface area contributed by atoms with Gasteiger partial charge in [0.15, 0.2) is 0 Å². The topological polar surface area (TPSA) is 72.9 Å². The molecular weight excluding hydrogens is 373 g/mol. The molecule has 4 rings (SSSR count). The Morgan fingerprint density at radius 1 is 1.07 bits per heavy atom. The molecule has 1 aliphatic carbocycles. The molecule has 1 amide bonds. The van der Waals surface area contributed by atoms with Crippen molar-refractivity contribution in [2.75, 3.05) is 36.4 Å². The highest BCUT2D eigenvalue weighted by atomic mass is 19.1. The average Bonchev–Trinajstić information content (AvgIpc) is 3.56. The zero-order valence-corrected chi connectivity index (χ0v) is 16.1. The summed E-state index contributed by atoms with van der Waals surface area (Å²) in [5.41, 5.74) is 1.95. The number of aromatic carboxylic acids is 1. The number of hydrogen-bond acceptors (Lipinski definition) is 4. The van der Waals surface area contributed by atoms with E-state index in [-0.39, 0.29) is 23.2 Å². The van der Waals surface area contributed by atoms with Crippen LogP contribution in [0.5, 0.6) is 0 Å². The molecule has 0 atom stereocenters. The largest absolute Gasteiger partial charge is 0.478 e. The molecular formula is C22H24FN3O3. The number of nitrogens with one attached hydrogen (secondary N) is 1. The lowest BCUT2D eigenvalue weighted by molar-refractivity contribution is -0.117. The van der Waals surface area contributed by atoms with E-state index in [0.717, 1.165) is 44.7 Å². The van der Waals surface area contributed by atoms with Gasteiger partial charge in [-0.05, 0) is 37.1 Å². The van der Waals surface area contributed by atoms with Gasteiger partial charge in [-0.3, -0.25) is 9.69 Å². The third-order valence-electron chi connectivity index (χ3n) is 5.53. The van der Waals surface area contributed by atoms with E-state index >= 15 is 0 Å². The van der Waals surface area contributed by atoms with Gasteiger partial charge in [0.2, 0.25) is 5.91 Å². The molecule has 7 heteroatoms. The van der Waals surface area contributed by atoms with Gasteiger partial charge in [0, 0.05) is 49.9 Å². The van der Waals surface area contributed by atoms with Crippen molar-refractivity contribution in [1.29, 1.82) is 0 Å². The molecule has 1 heterocycles. The number of carboxylic acid groups (broad SMARTS) is 1. The van der Waals surface area contributed by atoms with E-state index in [2.05, 4.69) is 15.1 Å². The van der Waals surface area contributed by atoms with Crippen LogP contribution in [0.15, 0.2) is 42.5 Å². The first kappa shape index (κ1) is 19.4. The van der Waals surface area contributed by atoms with E-state index in [4.69, 9.17) is 0 Å². The van der Waals surface area contributed by atoms with Gasteiger partial charge in [-0.25, -0.2) is 9.18 Å². The number of benzene rings is 2. The van der Waals surface area contributed by atoms with Crippen molar-refractivity contribution in [3.05, 3.63) is 59.4 Å². The van der Waals surface area contributed by atoms with Crippen LogP contribution in [-0.4, -0.2) is 48.1 Å². The number of nitrogens with zero attached hydrogens (tertiary/aromatic N) is 2. The van der Waals surface area contributed by atoms with Crippen molar-refractivity contribution < 1.29 is 19.1 Å². The first-order valence-electron chi connectivity index (χ1n) is 9.90. The zero-order valence-electron chi connectivity index (χ0n) is 16.1. The number of anilines is 2. The maximum absolute atomic E-state index is 13.9. The molecule has 152 valence electrons. The minimum atomic E-state index is -1.06. The molecule has 1 saturated heterocycles. The molecule has 1 aliphatic heterocycles. The fraction of sp³-hybridized carbons (Fsp3) is 0.364. The summed E-state index contributed by atoms with van der Waals surface area (Å²) >= 11 is 0. The third kappa shape index (κ3) is 4.56. The predicted octanol–water partition coefficient (Wildman–Crippen LogP) is 3.19. The molecule has 0 radical (unpaired) electrons. The lowest BCUT2D eigenvalue weighted by atomic mass is 10.1. The van der Waals surface area contributed by atoms with Gasteiger partial charge >= 0.3 is 5.97 Å². The van der Waals surface area contributed by atoms with Crippen LogP contribution < -0.4 is 10.2 Å². The van der Waals surface area contributed by atoms with Gasteiger partial charge in [-0.2, -0.15) is 0 Å². The second kappa shape index (κ2) is 8.21. The summed E-state index contributed by atoms with van der Waals surface area (Å²) in [6, 6.07) is 11.9. The Morgan fingerprint density at radius 3 is 2.45 bits per heavy atom. The summed E-state index contributed by atoms with van der Waals surface area (Å²) in [6.07, 6.45) is 1.73. The normalized spacial score (nSPS) is 17.2. The SMILES string of the molecule is O=C(O)c1cc(N2CCN(Cc3ccccc3F)CC2)ccc1NC(=O)C1CC1. The summed E-state index contributed by atoms with van der Waals surface area (Å²) in [5, 5.41) is 12.3. The fourth-order valence-electron chi connectivity index (χ4n) is 3.63. The Hall–Kier alpha value is -2.93. The molecule has 2 N–H and O–H groups in total. The molecule has 0 unspecified atom stereocenters. The molecule has 0 spiro atoms. The standard InChI is InChI=1S/C22H24FN3O3/c23-19-4-2-1-3-16(19)14-25-9-11-26(12-10-25)17-7-8-20(18(13-17)22(28)29)24-21(27)15-5-6-15/h1-4,7-8,13,15H,5-6,9-12,14H2,(H,24,27)(H,28,29). The number of piperazine rings is 1. The van der Waals surface area contributed by atoms with Crippen LogP contribution in [0.3, 0.4) is 0 Å². The molecule has 2 aliphatic rings. The van der Waals surface area contributed by atoms with Crippen LogP contribution in [0.4, 0.5) is 15.8 Å². The lowest BCUT2D eigenvalue weighted by Gasteiger charge is -2.36. The van der Waals surface area contributed by atoms with Gasteiger partial charge in [0.1, 0.15) is 5.82 Å². The third-order valence-corrected chi connectivity index (χ3v) is 5.53. The van der Waals surface area contributed by atoms with Gasteiger partial charge in [0.05, 0.1) is 11.3 Å². The smallest absolute Gasteiger partial charge is 0.337 e.